The molecule has 19 heavy (non-hydrogen) atoms. The number of aromatic nitrogens is 3. The molecule has 3 N–H and O–H groups in total. The highest BCUT2D eigenvalue weighted by Gasteiger charge is 2.07. The molecule has 100 valence electrons. The van der Waals surface area contributed by atoms with E-state index in [1.807, 2.05) is 39.0 Å². The third-order valence-corrected chi connectivity index (χ3v) is 2.55. The lowest BCUT2D eigenvalue weighted by atomic mass is 10.1. The van der Waals surface area contributed by atoms with Gasteiger partial charge in [0.05, 0.1) is 6.61 Å². The normalized spacial score (nSPS) is 10.3. The molecule has 0 unspecified atom stereocenters. The van der Waals surface area contributed by atoms with Crippen molar-refractivity contribution in [2.45, 2.75) is 20.8 Å². The number of nitrogens with two attached hydrogens (primary N) is 1. The quantitative estimate of drug-likeness (QED) is 0.875. The summed E-state index contributed by atoms with van der Waals surface area (Å²) in [4.78, 5) is 12.1. The first-order valence-corrected chi connectivity index (χ1v) is 6.07. The van der Waals surface area contributed by atoms with E-state index in [1.54, 1.807) is 0 Å². The van der Waals surface area contributed by atoms with E-state index in [-0.39, 0.29) is 12.0 Å². The fourth-order valence-electron chi connectivity index (χ4n) is 1.61. The molecule has 0 fully saturated rings. The van der Waals surface area contributed by atoms with Gasteiger partial charge in [0, 0.05) is 5.69 Å². The number of anilines is 3. The largest absolute Gasteiger partial charge is 0.464 e. The molecule has 1 aromatic heterocycles. The molecule has 2 aromatic rings. The van der Waals surface area contributed by atoms with Crippen LogP contribution in [0.4, 0.5) is 17.6 Å². The van der Waals surface area contributed by atoms with Crippen LogP contribution in [-0.2, 0) is 0 Å². The van der Waals surface area contributed by atoms with Crippen molar-refractivity contribution >= 4 is 17.6 Å². The zero-order chi connectivity index (χ0) is 13.8. The summed E-state index contributed by atoms with van der Waals surface area (Å²) in [7, 11) is 0. The number of hydrogen-bond donors (Lipinski definition) is 2. The standard InChI is InChI=1S/C13H17N5O/c1-4-19-13-17-11(14)16-12(18-13)15-10-7-8(2)5-6-9(10)3/h5-7H,4H2,1-3H3,(H3,14,15,16,17,18). The highest BCUT2D eigenvalue weighted by molar-refractivity contribution is 5.59. The first-order chi connectivity index (χ1) is 9.08. The maximum absolute atomic E-state index is 5.63. The van der Waals surface area contributed by atoms with Gasteiger partial charge in [-0.15, -0.1) is 0 Å². The lowest BCUT2D eigenvalue weighted by Gasteiger charge is -2.10. The third kappa shape index (κ3) is 3.31. The van der Waals surface area contributed by atoms with Gasteiger partial charge in [-0.2, -0.15) is 15.0 Å². The molecule has 1 heterocycles. The second-order valence-electron chi connectivity index (χ2n) is 4.18. The SMILES string of the molecule is CCOc1nc(N)nc(Nc2cc(C)ccc2C)n1. The minimum absolute atomic E-state index is 0.131. The first kappa shape index (κ1) is 13.1. The number of nitrogens with one attached hydrogen (secondary N) is 1. The van der Waals surface area contributed by atoms with Crippen LogP contribution in [0, 0.1) is 13.8 Å². The topological polar surface area (TPSA) is 86.0 Å². The van der Waals surface area contributed by atoms with Crippen molar-refractivity contribution in [1.82, 2.24) is 15.0 Å². The number of ether oxygens (including phenoxy) is 1. The number of benzene rings is 1. The molecule has 6 heteroatoms. The molecule has 0 amide bonds. The average Bonchev–Trinajstić information content (AvgIpc) is 2.33. The van der Waals surface area contributed by atoms with Crippen LogP contribution >= 0.6 is 0 Å². The Bertz CT molecular complexity index is 585. The predicted octanol–water partition coefficient (Wildman–Crippen LogP) is 2.21. The lowest BCUT2D eigenvalue weighted by Crippen LogP contribution is -2.07. The fraction of sp³-hybridized carbons (Fsp3) is 0.308. The maximum atomic E-state index is 5.63. The Morgan fingerprint density at radius 3 is 2.74 bits per heavy atom. The van der Waals surface area contributed by atoms with Crippen LogP contribution in [0.1, 0.15) is 18.1 Å². The van der Waals surface area contributed by atoms with Gasteiger partial charge in [-0.1, -0.05) is 12.1 Å². The van der Waals surface area contributed by atoms with Crippen LogP contribution in [-0.4, -0.2) is 21.6 Å². The van der Waals surface area contributed by atoms with Gasteiger partial charge >= 0.3 is 6.01 Å². The second-order valence-corrected chi connectivity index (χ2v) is 4.18. The lowest BCUT2D eigenvalue weighted by molar-refractivity contribution is 0.312. The predicted molar refractivity (Wildman–Crippen MR) is 74.6 cm³/mol. The fourth-order valence-corrected chi connectivity index (χ4v) is 1.61. The highest BCUT2D eigenvalue weighted by Crippen LogP contribution is 2.20. The molecule has 0 aliphatic carbocycles. The summed E-state index contributed by atoms with van der Waals surface area (Å²) in [5.41, 5.74) is 8.82. The summed E-state index contributed by atoms with van der Waals surface area (Å²) in [6.07, 6.45) is 0. The summed E-state index contributed by atoms with van der Waals surface area (Å²) >= 11 is 0. The van der Waals surface area contributed by atoms with E-state index in [2.05, 4.69) is 20.3 Å². The Hall–Kier alpha value is -2.37. The van der Waals surface area contributed by atoms with Crippen LogP contribution in [0.25, 0.3) is 0 Å². The summed E-state index contributed by atoms with van der Waals surface area (Å²) in [5.74, 6) is 0.510. The Kier molecular flexibility index (Phi) is 3.79. The Balaban J connectivity index is 2.29. The van der Waals surface area contributed by atoms with Crippen molar-refractivity contribution < 1.29 is 4.74 Å². The van der Waals surface area contributed by atoms with Gasteiger partial charge in [0.2, 0.25) is 11.9 Å². The molecule has 1 aromatic carbocycles. The van der Waals surface area contributed by atoms with Crippen LogP contribution in [0.15, 0.2) is 18.2 Å². The van der Waals surface area contributed by atoms with E-state index in [9.17, 15) is 0 Å². The highest BCUT2D eigenvalue weighted by atomic mass is 16.5. The Labute approximate surface area is 112 Å². The van der Waals surface area contributed by atoms with Crippen molar-refractivity contribution in [3.05, 3.63) is 29.3 Å². The van der Waals surface area contributed by atoms with Crippen LogP contribution in [0.3, 0.4) is 0 Å². The zero-order valence-corrected chi connectivity index (χ0v) is 11.3. The maximum Gasteiger partial charge on any atom is 0.323 e. The van der Waals surface area contributed by atoms with Crippen molar-refractivity contribution in [2.75, 3.05) is 17.7 Å². The molecule has 0 spiro atoms. The van der Waals surface area contributed by atoms with Crippen molar-refractivity contribution in [3.8, 4) is 6.01 Å². The van der Waals surface area contributed by atoms with Gasteiger partial charge in [0.15, 0.2) is 0 Å². The number of hydrogen-bond acceptors (Lipinski definition) is 6. The number of nitrogen functional groups attached to an aromatic ring is 1. The van der Waals surface area contributed by atoms with Gasteiger partial charge in [0.25, 0.3) is 0 Å². The Morgan fingerprint density at radius 1 is 1.21 bits per heavy atom. The molecule has 0 radical (unpaired) electrons. The molecule has 6 nitrogen and oxygen atoms in total. The second kappa shape index (κ2) is 5.51. The number of nitrogens with zero attached hydrogens (tertiary/aromatic N) is 3. The van der Waals surface area contributed by atoms with E-state index in [0.717, 1.165) is 16.8 Å². The smallest absolute Gasteiger partial charge is 0.323 e. The molecule has 0 aliphatic rings. The average molecular weight is 259 g/mol. The summed E-state index contributed by atoms with van der Waals surface area (Å²) in [5, 5.41) is 3.13. The van der Waals surface area contributed by atoms with Crippen LogP contribution < -0.4 is 15.8 Å². The first-order valence-electron chi connectivity index (χ1n) is 6.07. The third-order valence-electron chi connectivity index (χ3n) is 2.55. The van der Waals surface area contributed by atoms with E-state index in [4.69, 9.17) is 10.5 Å². The molecular weight excluding hydrogens is 242 g/mol. The van der Waals surface area contributed by atoms with E-state index in [1.165, 1.54) is 0 Å². The zero-order valence-electron chi connectivity index (χ0n) is 11.3. The van der Waals surface area contributed by atoms with E-state index >= 15 is 0 Å². The van der Waals surface area contributed by atoms with Crippen molar-refractivity contribution in [3.63, 3.8) is 0 Å². The number of aryl methyl sites for hydroxylation is 2. The summed E-state index contributed by atoms with van der Waals surface area (Å²) < 4.78 is 5.24. The van der Waals surface area contributed by atoms with Gasteiger partial charge in [-0.3, -0.25) is 0 Å². The minimum Gasteiger partial charge on any atom is -0.464 e. The molecule has 2 rings (SSSR count). The summed E-state index contributed by atoms with van der Waals surface area (Å²) in [6.45, 7) is 6.37. The van der Waals surface area contributed by atoms with E-state index < -0.39 is 0 Å². The van der Waals surface area contributed by atoms with E-state index in [0.29, 0.717) is 12.6 Å². The van der Waals surface area contributed by atoms with Gasteiger partial charge in [-0.05, 0) is 38.0 Å². The van der Waals surface area contributed by atoms with Crippen molar-refractivity contribution in [2.24, 2.45) is 0 Å². The molecule has 0 bridgehead atoms. The summed E-state index contributed by atoms with van der Waals surface area (Å²) in [6, 6.07) is 6.33. The molecule has 0 atom stereocenters. The van der Waals surface area contributed by atoms with Gasteiger partial charge in [-0.25, -0.2) is 0 Å². The van der Waals surface area contributed by atoms with Gasteiger partial charge in [0.1, 0.15) is 0 Å². The molecule has 0 aliphatic heterocycles. The van der Waals surface area contributed by atoms with Crippen molar-refractivity contribution in [1.29, 1.82) is 0 Å². The molecule has 0 saturated heterocycles. The van der Waals surface area contributed by atoms with Crippen LogP contribution in [0.2, 0.25) is 0 Å². The van der Waals surface area contributed by atoms with Crippen LogP contribution in [0.5, 0.6) is 6.01 Å². The minimum atomic E-state index is 0.131. The monoisotopic (exact) mass is 259 g/mol. The van der Waals surface area contributed by atoms with Gasteiger partial charge < -0.3 is 15.8 Å². The number of rotatable bonds is 4. The molecular formula is C13H17N5O. The molecule has 0 saturated carbocycles. The Morgan fingerprint density at radius 2 is 2.00 bits per heavy atom.